The van der Waals surface area contributed by atoms with Gasteiger partial charge in [-0.3, -0.25) is 4.90 Å². The number of ether oxygens (including phenoxy) is 3. The Hall–Kier alpha value is -1.30. The molecular formula is C21H33NO4. The minimum Gasteiger partial charge on any atom is -0.493 e. The molecule has 0 aromatic heterocycles. The second-order valence-electron chi connectivity index (χ2n) is 7.42. The van der Waals surface area contributed by atoms with Gasteiger partial charge in [0.05, 0.1) is 33.5 Å². The fourth-order valence-corrected chi connectivity index (χ4v) is 4.51. The first kappa shape index (κ1) is 19.5. The van der Waals surface area contributed by atoms with E-state index in [2.05, 4.69) is 11.0 Å². The minimum atomic E-state index is 0.273. The summed E-state index contributed by atoms with van der Waals surface area (Å²) < 4.78 is 17.0. The van der Waals surface area contributed by atoms with Gasteiger partial charge in [-0.15, -0.1) is 0 Å². The zero-order chi connectivity index (χ0) is 18.4. The number of hydrogen-bond acceptors (Lipinski definition) is 5. The molecule has 1 saturated carbocycles. The third-order valence-electron chi connectivity index (χ3n) is 5.90. The molecular weight excluding hydrogens is 330 g/mol. The summed E-state index contributed by atoms with van der Waals surface area (Å²) >= 11 is 0. The molecule has 1 heterocycles. The second-order valence-corrected chi connectivity index (χ2v) is 7.42. The Bertz CT molecular complexity index is 565. The predicted molar refractivity (Wildman–Crippen MR) is 102 cm³/mol. The van der Waals surface area contributed by atoms with Crippen molar-refractivity contribution in [1.29, 1.82) is 0 Å². The van der Waals surface area contributed by atoms with Gasteiger partial charge in [0.1, 0.15) is 0 Å². The van der Waals surface area contributed by atoms with Crippen LogP contribution in [0.5, 0.6) is 11.5 Å². The Kier molecular flexibility index (Phi) is 7.17. The van der Waals surface area contributed by atoms with Crippen LogP contribution < -0.4 is 9.47 Å². The average molecular weight is 363 g/mol. The molecule has 2 fully saturated rings. The lowest BCUT2D eigenvalue weighted by atomic mass is 9.90. The normalized spacial score (nSPS) is 26.8. The van der Waals surface area contributed by atoms with Crippen LogP contribution in [0, 0.1) is 0 Å². The Morgan fingerprint density at radius 1 is 1.04 bits per heavy atom. The highest BCUT2D eigenvalue weighted by atomic mass is 16.5. The van der Waals surface area contributed by atoms with Gasteiger partial charge in [0.25, 0.3) is 0 Å². The average Bonchev–Trinajstić information content (AvgIpc) is 3.16. The van der Waals surface area contributed by atoms with E-state index in [1.54, 1.807) is 14.2 Å². The summed E-state index contributed by atoms with van der Waals surface area (Å²) in [6.45, 7) is 2.09. The molecule has 0 spiro atoms. The highest BCUT2D eigenvalue weighted by Crippen LogP contribution is 2.31. The van der Waals surface area contributed by atoms with Crippen LogP contribution in [0.2, 0.25) is 0 Å². The first-order chi connectivity index (χ1) is 12.8. The zero-order valence-electron chi connectivity index (χ0n) is 16.2. The van der Waals surface area contributed by atoms with Gasteiger partial charge in [-0.25, -0.2) is 0 Å². The van der Waals surface area contributed by atoms with Crippen molar-refractivity contribution in [3.05, 3.63) is 23.8 Å². The molecule has 2 aliphatic rings. The van der Waals surface area contributed by atoms with Gasteiger partial charge < -0.3 is 19.3 Å². The number of rotatable bonds is 8. The molecule has 1 aromatic carbocycles. The highest BCUT2D eigenvalue weighted by molar-refractivity contribution is 5.42. The van der Waals surface area contributed by atoms with Gasteiger partial charge in [0, 0.05) is 12.1 Å². The van der Waals surface area contributed by atoms with Gasteiger partial charge in [-0.2, -0.15) is 0 Å². The molecule has 5 nitrogen and oxygen atoms in total. The summed E-state index contributed by atoms with van der Waals surface area (Å²) in [6, 6.07) is 6.85. The highest BCUT2D eigenvalue weighted by Gasteiger charge is 2.36. The van der Waals surface area contributed by atoms with Crippen LogP contribution in [0.15, 0.2) is 18.2 Å². The maximum atomic E-state index is 9.67. The van der Waals surface area contributed by atoms with E-state index in [4.69, 9.17) is 14.2 Å². The Morgan fingerprint density at radius 3 is 2.62 bits per heavy atom. The number of aliphatic hydroxyl groups is 1. The maximum absolute atomic E-state index is 9.67. The van der Waals surface area contributed by atoms with Crippen LogP contribution in [-0.2, 0) is 11.2 Å². The fraction of sp³-hybridized carbons (Fsp3) is 0.714. The van der Waals surface area contributed by atoms with Crippen molar-refractivity contribution in [2.24, 2.45) is 0 Å². The quantitative estimate of drug-likeness (QED) is 0.769. The van der Waals surface area contributed by atoms with Crippen LogP contribution in [0.3, 0.4) is 0 Å². The molecule has 2 unspecified atom stereocenters. The first-order valence-corrected chi connectivity index (χ1v) is 9.96. The second kappa shape index (κ2) is 9.58. The number of likely N-dealkylation sites (tertiary alicyclic amines) is 1. The molecule has 3 rings (SSSR count). The smallest absolute Gasteiger partial charge is 0.160 e. The summed E-state index contributed by atoms with van der Waals surface area (Å²) in [4.78, 5) is 2.51. The number of benzene rings is 1. The SMILES string of the molecule is COc1ccc(CCO[C@H]2CCCCC2N2CCCC2CO)cc1OC. The maximum Gasteiger partial charge on any atom is 0.160 e. The molecule has 0 bridgehead atoms. The Balaban J connectivity index is 1.55. The number of aliphatic hydroxyl groups excluding tert-OH is 1. The molecule has 146 valence electrons. The van der Waals surface area contributed by atoms with Gasteiger partial charge in [-0.1, -0.05) is 18.9 Å². The van der Waals surface area contributed by atoms with E-state index in [1.807, 2.05) is 12.1 Å². The summed E-state index contributed by atoms with van der Waals surface area (Å²) in [7, 11) is 3.32. The lowest BCUT2D eigenvalue weighted by Gasteiger charge is -2.40. The van der Waals surface area contributed by atoms with Crippen molar-refractivity contribution in [2.75, 3.05) is 34.0 Å². The standard InChI is InChI=1S/C21H33NO4/c1-24-20-10-9-16(14-21(20)25-2)11-13-26-19-8-4-3-7-18(19)22-12-5-6-17(22)15-23/h9-10,14,17-19,23H,3-8,11-13,15H2,1-2H3/t17?,18?,19-/m0/s1. The van der Waals surface area contributed by atoms with E-state index in [0.29, 0.717) is 18.7 Å². The molecule has 5 heteroatoms. The van der Waals surface area contributed by atoms with E-state index in [9.17, 15) is 5.11 Å². The minimum absolute atomic E-state index is 0.273. The van der Waals surface area contributed by atoms with E-state index >= 15 is 0 Å². The van der Waals surface area contributed by atoms with Crippen molar-refractivity contribution in [3.63, 3.8) is 0 Å². The lowest BCUT2D eigenvalue weighted by Crippen LogP contribution is -2.49. The molecule has 1 saturated heterocycles. The predicted octanol–water partition coefficient (Wildman–Crippen LogP) is 3.03. The summed E-state index contributed by atoms with van der Waals surface area (Å²) in [6.07, 6.45) is 8.31. The largest absolute Gasteiger partial charge is 0.493 e. The summed E-state index contributed by atoms with van der Waals surface area (Å²) in [5.41, 5.74) is 1.20. The zero-order valence-corrected chi connectivity index (χ0v) is 16.2. The van der Waals surface area contributed by atoms with Gasteiger partial charge >= 0.3 is 0 Å². The first-order valence-electron chi connectivity index (χ1n) is 9.96. The van der Waals surface area contributed by atoms with Crippen LogP contribution in [-0.4, -0.2) is 62.2 Å². The third kappa shape index (κ3) is 4.51. The molecule has 3 atom stereocenters. The van der Waals surface area contributed by atoms with Crippen LogP contribution in [0.4, 0.5) is 0 Å². The summed E-state index contributed by atoms with van der Waals surface area (Å²) in [5.74, 6) is 1.52. The lowest BCUT2D eigenvalue weighted by molar-refractivity contribution is -0.0442. The number of nitrogens with zero attached hydrogens (tertiary/aromatic N) is 1. The van der Waals surface area contributed by atoms with E-state index in [1.165, 1.54) is 31.2 Å². The molecule has 1 aromatic rings. The molecule has 26 heavy (non-hydrogen) atoms. The number of methoxy groups -OCH3 is 2. The van der Waals surface area contributed by atoms with Crippen molar-refractivity contribution in [3.8, 4) is 11.5 Å². The monoisotopic (exact) mass is 363 g/mol. The van der Waals surface area contributed by atoms with Crippen molar-refractivity contribution in [1.82, 2.24) is 4.90 Å². The molecule has 1 aliphatic carbocycles. The Labute approximate surface area is 157 Å². The van der Waals surface area contributed by atoms with Gasteiger partial charge in [0.15, 0.2) is 11.5 Å². The van der Waals surface area contributed by atoms with Crippen molar-refractivity contribution < 1.29 is 19.3 Å². The molecule has 1 N–H and O–H groups in total. The van der Waals surface area contributed by atoms with E-state index < -0.39 is 0 Å². The topological polar surface area (TPSA) is 51.2 Å². The van der Waals surface area contributed by atoms with Gasteiger partial charge in [0.2, 0.25) is 0 Å². The van der Waals surface area contributed by atoms with Crippen LogP contribution in [0.25, 0.3) is 0 Å². The summed E-state index contributed by atoms with van der Waals surface area (Å²) in [5, 5.41) is 9.67. The van der Waals surface area contributed by atoms with Gasteiger partial charge in [-0.05, 0) is 56.3 Å². The van der Waals surface area contributed by atoms with Crippen LogP contribution >= 0.6 is 0 Å². The van der Waals surface area contributed by atoms with Crippen molar-refractivity contribution in [2.45, 2.75) is 63.1 Å². The van der Waals surface area contributed by atoms with E-state index in [-0.39, 0.29) is 12.7 Å². The third-order valence-corrected chi connectivity index (χ3v) is 5.90. The van der Waals surface area contributed by atoms with Crippen LogP contribution in [0.1, 0.15) is 44.1 Å². The van der Waals surface area contributed by atoms with E-state index in [0.717, 1.165) is 37.3 Å². The molecule has 1 aliphatic heterocycles. The molecule has 0 radical (unpaired) electrons. The van der Waals surface area contributed by atoms with Crippen molar-refractivity contribution >= 4 is 0 Å². The fourth-order valence-electron chi connectivity index (χ4n) is 4.51. The molecule has 0 amide bonds. The Morgan fingerprint density at radius 2 is 1.85 bits per heavy atom. The number of hydrogen-bond donors (Lipinski definition) is 1.